The molecule has 0 radical (unpaired) electrons. The second-order valence-corrected chi connectivity index (χ2v) is 3.34. The van der Waals surface area contributed by atoms with Gasteiger partial charge in [0.1, 0.15) is 0 Å². The van der Waals surface area contributed by atoms with Gasteiger partial charge in [-0.2, -0.15) is 0 Å². The highest BCUT2D eigenvalue weighted by Crippen LogP contribution is 1.98. The lowest BCUT2D eigenvalue weighted by atomic mass is 10.2. The van der Waals surface area contributed by atoms with E-state index in [2.05, 4.69) is 4.74 Å². The number of aliphatic hydroxyl groups is 2. The van der Waals surface area contributed by atoms with E-state index in [1.807, 2.05) is 0 Å². The monoisotopic (exact) mass is 196 g/mol. The molecule has 0 unspecified atom stereocenters. The molecule has 86 valence electrons. The Morgan fingerprint density at radius 2 is 1.46 bits per heavy atom. The quantitative estimate of drug-likeness (QED) is 0.711. The van der Waals surface area contributed by atoms with Crippen LogP contribution in [0.3, 0.4) is 0 Å². The molecule has 0 saturated carbocycles. The number of hydrogen-bond donors (Lipinski definition) is 2. The van der Waals surface area contributed by atoms with Crippen LogP contribution in [0, 0.1) is 0 Å². The normalized spacial score (nSPS) is 9.23. The Hall–Kier alpha value is -0.120. The zero-order valence-electron chi connectivity index (χ0n) is 8.09. The van der Waals surface area contributed by atoms with Crippen molar-refractivity contribution < 1.29 is 14.9 Å². The predicted molar refractivity (Wildman–Crippen MR) is 59.0 cm³/mol. The van der Waals surface area contributed by atoms with Crippen LogP contribution in [0.15, 0.2) is 0 Å². The van der Waals surface area contributed by atoms with Gasteiger partial charge in [-0.15, -0.1) is 0 Å². The molecule has 2 N–H and O–H groups in total. The molecule has 0 aliphatic rings. The molecule has 3 nitrogen and oxygen atoms in total. The second kappa shape index (κ2) is 11.9. The van der Waals surface area contributed by atoms with Gasteiger partial charge in [-0.25, -0.2) is 0 Å². The molecule has 0 aromatic rings. The van der Waals surface area contributed by atoms with Crippen molar-refractivity contribution in [2.24, 2.45) is 0 Å². The van der Waals surface area contributed by atoms with E-state index in [0.717, 1.165) is 0 Å². The molecule has 0 aromatic heterocycles. The van der Waals surface area contributed by atoms with E-state index in [4.69, 9.17) is 10.2 Å². The summed E-state index contributed by atoms with van der Waals surface area (Å²) in [5.41, 5.74) is -0.672. The number of aliphatic hydroxyl groups excluding tert-OH is 1. The summed E-state index contributed by atoms with van der Waals surface area (Å²) in [7, 11) is 1.57. The van der Waals surface area contributed by atoms with Crippen molar-refractivity contribution >= 4 is 0 Å². The Bertz CT molecular complexity index is 72.0. The Labute approximate surface area is 83.7 Å². The first kappa shape index (κ1) is 23.1. The minimum Gasteiger partial charge on any atom is -0.394 e. The third-order valence-electron chi connectivity index (χ3n) is 0.498. The zero-order valence-corrected chi connectivity index (χ0v) is 8.09. The van der Waals surface area contributed by atoms with Crippen LogP contribution in [0.4, 0.5) is 0 Å². The van der Waals surface area contributed by atoms with Crippen LogP contribution in [0.2, 0.25) is 0 Å². The lowest BCUT2D eigenvalue weighted by Crippen LogP contribution is -2.24. The lowest BCUT2D eigenvalue weighted by molar-refractivity contribution is -0.00196. The van der Waals surface area contributed by atoms with Crippen molar-refractivity contribution in [2.45, 2.75) is 54.3 Å². The van der Waals surface area contributed by atoms with Gasteiger partial charge in [0.15, 0.2) is 0 Å². The van der Waals surface area contributed by atoms with Gasteiger partial charge in [-0.05, 0) is 27.7 Å². The summed E-state index contributed by atoms with van der Waals surface area (Å²) < 4.78 is 4.66. The SMILES string of the molecule is C.C.CC(C)O.COCC(C)(C)O. The average molecular weight is 196 g/mol. The van der Waals surface area contributed by atoms with Gasteiger partial charge in [0.05, 0.1) is 12.2 Å². The summed E-state index contributed by atoms with van der Waals surface area (Å²) in [5, 5.41) is 16.9. The van der Waals surface area contributed by atoms with Crippen LogP contribution >= 0.6 is 0 Å². The smallest absolute Gasteiger partial charge is 0.0824 e. The lowest BCUT2D eigenvalue weighted by Gasteiger charge is -2.13. The molecule has 0 bridgehead atoms. The third kappa shape index (κ3) is 77.0. The van der Waals surface area contributed by atoms with Crippen molar-refractivity contribution in [1.29, 1.82) is 0 Å². The topological polar surface area (TPSA) is 49.7 Å². The summed E-state index contributed by atoms with van der Waals surface area (Å²) in [6.07, 6.45) is -0.167. The Kier molecular flexibility index (Phi) is 21.1. The Morgan fingerprint density at radius 3 is 1.46 bits per heavy atom. The fraction of sp³-hybridized carbons (Fsp3) is 1.00. The van der Waals surface area contributed by atoms with Gasteiger partial charge in [0.25, 0.3) is 0 Å². The number of rotatable bonds is 2. The molecular weight excluding hydrogens is 168 g/mol. The number of ether oxygens (including phenoxy) is 1. The van der Waals surface area contributed by atoms with Crippen molar-refractivity contribution in [1.82, 2.24) is 0 Å². The molecule has 13 heavy (non-hydrogen) atoms. The van der Waals surface area contributed by atoms with E-state index in [-0.39, 0.29) is 21.0 Å². The van der Waals surface area contributed by atoms with Crippen LogP contribution in [0.1, 0.15) is 42.5 Å². The first-order valence-electron chi connectivity index (χ1n) is 3.69. The molecule has 0 aliphatic carbocycles. The highest BCUT2D eigenvalue weighted by molar-refractivity contribution is 4.61. The first-order chi connectivity index (χ1) is 4.79. The van der Waals surface area contributed by atoms with Gasteiger partial charge in [0.2, 0.25) is 0 Å². The molecule has 0 amide bonds. The van der Waals surface area contributed by atoms with Crippen LogP contribution in [-0.4, -0.2) is 35.6 Å². The maximum atomic E-state index is 8.89. The molecule has 0 fully saturated rings. The summed E-state index contributed by atoms with van der Waals surface area (Å²) >= 11 is 0. The van der Waals surface area contributed by atoms with Crippen molar-refractivity contribution in [3.05, 3.63) is 0 Å². The summed E-state index contributed by atoms with van der Waals surface area (Å²) in [6.45, 7) is 7.25. The number of hydrogen-bond acceptors (Lipinski definition) is 3. The predicted octanol–water partition coefficient (Wildman–Crippen LogP) is 2.06. The third-order valence-corrected chi connectivity index (χ3v) is 0.498. The van der Waals surface area contributed by atoms with Gasteiger partial charge in [0, 0.05) is 13.2 Å². The maximum Gasteiger partial charge on any atom is 0.0824 e. The van der Waals surface area contributed by atoms with E-state index >= 15 is 0 Å². The van der Waals surface area contributed by atoms with Gasteiger partial charge < -0.3 is 14.9 Å². The fourth-order valence-electron chi connectivity index (χ4n) is 0.353. The largest absolute Gasteiger partial charge is 0.394 e. The molecule has 0 rings (SSSR count). The first-order valence-corrected chi connectivity index (χ1v) is 3.69. The van der Waals surface area contributed by atoms with Crippen LogP contribution in [0.5, 0.6) is 0 Å². The van der Waals surface area contributed by atoms with Gasteiger partial charge in [-0.3, -0.25) is 0 Å². The zero-order chi connectivity index (χ0) is 9.49. The van der Waals surface area contributed by atoms with E-state index < -0.39 is 5.60 Å². The molecule has 0 saturated heterocycles. The van der Waals surface area contributed by atoms with E-state index in [9.17, 15) is 0 Å². The summed E-state index contributed by atoms with van der Waals surface area (Å²) in [4.78, 5) is 0. The Balaban J connectivity index is -0.0000000600. The van der Waals surface area contributed by atoms with Crippen LogP contribution in [0.25, 0.3) is 0 Å². The van der Waals surface area contributed by atoms with E-state index in [0.29, 0.717) is 6.61 Å². The van der Waals surface area contributed by atoms with E-state index in [1.54, 1.807) is 34.8 Å². The molecule has 0 atom stereocenters. The molecule has 0 aromatic carbocycles. The second-order valence-electron chi connectivity index (χ2n) is 3.34. The maximum absolute atomic E-state index is 8.89. The fourth-order valence-corrected chi connectivity index (χ4v) is 0.353. The van der Waals surface area contributed by atoms with Crippen LogP contribution in [-0.2, 0) is 4.74 Å². The average Bonchev–Trinajstić information content (AvgIpc) is 1.58. The highest BCUT2D eigenvalue weighted by atomic mass is 16.5. The van der Waals surface area contributed by atoms with Crippen molar-refractivity contribution in [2.75, 3.05) is 13.7 Å². The number of methoxy groups -OCH3 is 1. The summed E-state index contributed by atoms with van der Waals surface area (Å²) in [6, 6.07) is 0. The van der Waals surface area contributed by atoms with Crippen molar-refractivity contribution in [3.8, 4) is 0 Å². The van der Waals surface area contributed by atoms with Crippen molar-refractivity contribution in [3.63, 3.8) is 0 Å². The molecule has 3 heteroatoms. The minimum atomic E-state index is -0.672. The molecule has 0 heterocycles. The highest BCUT2D eigenvalue weighted by Gasteiger charge is 2.09. The van der Waals surface area contributed by atoms with E-state index in [1.165, 1.54) is 0 Å². The minimum absolute atomic E-state index is 0. The van der Waals surface area contributed by atoms with Crippen LogP contribution < -0.4 is 0 Å². The molecular formula is C10H28O3. The standard InChI is InChI=1S/C5H12O2.C3H8O.2CH4/c1-5(2,6)4-7-3;1-3(2)4;;/h6H,4H2,1-3H3;3-4H,1-2H3;2*1H4. The summed E-state index contributed by atoms with van der Waals surface area (Å²) in [5.74, 6) is 0. The van der Waals surface area contributed by atoms with Gasteiger partial charge in [-0.1, -0.05) is 14.9 Å². The van der Waals surface area contributed by atoms with Gasteiger partial charge >= 0.3 is 0 Å². The Morgan fingerprint density at radius 1 is 1.23 bits per heavy atom. The molecule has 0 spiro atoms. The molecule has 0 aliphatic heterocycles.